The van der Waals surface area contributed by atoms with Crippen molar-refractivity contribution >= 4 is 34.6 Å². The van der Waals surface area contributed by atoms with Gasteiger partial charge in [-0.25, -0.2) is 4.99 Å². The Balaban J connectivity index is 2.03. The normalized spacial score (nSPS) is 13.5. The van der Waals surface area contributed by atoms with Crippen LogP contribution in [0.25, 0.3) is 0 Å². The molecular weight excluding hydrogens is 281 g/mol. The highest BCUT2D eigenvalue weighted by Crippen LogP contribution is 2.36. The van der Waals surface area contributed by atoms with Gasteiger partial charge in [-0.15, -0.1) is 0 Å². The molecule has 0 aromatic heterocycles. The van der Waals surface area contributed by atoms with Gasteiger partial charge in [0.1, 0.15) is 18.0 Å². The van der Waals surface area contributed by atoms with Crippen molar-refractivity contribution in [3.05, 3.63) is 57.6 Å². The van der Waals surface area contributed by atoms with E-state index in [-0.39, 0.29) is 0 Å². The highest BCUT2D eigenvalue weighted by Gasteiger charge is 2.16. The zero-order valence-electron chi connectivity index (χ0n) is 10.3. The van der Waals surface area contributed by atoms with Crippen molar-refractivity contribution in [2.75, 3.05) is 6.61 Å². The molecule has 4 heteroatoms. The number of aryl methyl sites for hydroxylation is 1. The Labute approximate surface area is 121 Å². The smallest absolute Gasteiger partial charge is 0.147 e. The molecule has 2 aromatic rings. The van der Waals surface area contributed by atoms with Crippen molar-refractivity contribution in [3.63, 3.8) is 0 Å². The van der Waals surface area contributed by atoms with Gasteiger partial charge in [-0.2, -0.15) is 0 Å². The summed E-state index contributed by atoms with van der Waals surface area (Å²) in [6, 6.07) is 11.3. The molecule has 2 aromatic carbocycles. The second-order valence-corrected chi connectivity index (χ2v) is 5.27. The van der Waals surface area contributed by atoms with Crippen LogP contribution in [0.4, 0.5) is 5.69 Å². The standard InChI is InChI=1S/C15H11Cl2NO/c1-9-6-13-15(7-12(9)17)19-8-14(18-13)10-2-4-11(16)5-3-10/h2-7H,8H2,1H3. The second kappa shape index (κ2) is 4.87. The van der Waals surface area contributed by atoms with Crippen molar-refractivity contribution in [2.45, 2.75) is 6.92 Å². The van der Waals surface area contributed by atoms with E-state index in [1.54, 1.807) is 0 Å². The summed E-state index contributed by atoms with van der Waals surface area (Å²) in [6.45, 7) is 2.39. The van der Waals surface area contributed by atoms with E-state index in [4.69, 9.17) is 27.9 Å². The fraction of sp³-hybridized carbons (Fsp3) is 0.133. The van der Waals surface area contributed by atoms with Gasteiger partial charge in [0.15, 0.2) is 0 Å². The van der Waals surface area contributed by atoms with E-state index < -0.39 is 0 Å². The number of nitrogens with zero attached hydrogens (tertiary/aromatic N) is 1. The van der Waals surface area contributed by atoms with Crippen LogP contribution in [0.5, 0.6) is 5.75 Å². The van der Waals surface area contributed by atoms with E-state index >= 15 is 0 Å². The zero-order chi connectivity index (χ0) is 13.4. The van der Waals surface area contributed by atoms with Crippen LogP contribution in [0.1, 0.15) is 11.1 Å². The number of rotatable bonds is 1. The maximum atomic E-state index is 6.07. The minimum atomic E-state index is 0.439. The Morgan fingerprint density at radius 1 is 1.11 bits per heavy atom. The van der Waals surface area contributed by atoms with E-state index in [1.165, 1.54) is 0 Å². The Morgan fingerprint density at radius 2 is 1.84 bits per heavy atom. The topological polar surface area (TPSA) is 21.6 Å². The molecule has 0 N–H and O–H groups in total. The van der Waals surface area contributed by atoms with E-state index in [0.717, 1.165) is 28.3 Å². The molecule has 0 atom stereocenters. The van der Waals surface area contributed by atoms with Gasteiger partial charge >= 0.3 is 0 Å². The van der Waals surface area contributed by atoms with Gasteiger partial charge in [-0.1, -0.05) is 35.3 Å². The molecule has 0 unspecified atom stereocenters. The molecule has 1 aliphatic heterocycles. The minimum absolute atomic E-state index is 0.439. The summed E-state index contributed by atoms with van der Waals surface area (Å²) in [5, 5.41) is 1.41. The first kappa shape index (κ1) is 12.5. The van der Waals surface area contributed by atoms with Gasteiger partial charge in [0, 0.05) is 16.1 Å². The van der Waals surface area contributed by atoms with Gasteiger partial charge in [0.05, 0.1) is 5.71 Å². The lowest BCUT2D eigenvalue weighted by atomic mass is 10.1. The van der Waals surface area contributed by atoms with E-state index in [2.05, 4.69) is 4.99 Å². The fourth-order valence-electron chi connectivity index (χ4n) is 1.96. The molecule has 3 rings (SSSR count). The number of benzene rings is 2. The first-order chi connectivity index (χ1) is 9.13. The Morgan fingerprint density at radius 3 is 2.58 bits per heavy atom. The molecule has 1 heterocycles. The van der Waals surface area contributed by atoms with Crippen LogP contribution in [-0.2, 0) is 0 Å². The summed E-state index contributed by atoms with van der Waals surface area (Å²) < 4.78 is 5.71. The Kier molecular flexibility index (Phi) is 3.21. The average Bonchev–Trinajstić information content (AvgIpc) is 2.40. The van der Waals surface area contributed by atoms with Gasteiger partial charge in [0.2, 0.25) is 0 Å². The lowest BCUT2D eigenvalue weighted by Gasteiger charge is -2.18. The van der Waals surface area contributed by atoms with E-state index in [1.807, 2.05) is 43.3 Å². The monoisotopic (exact) mass is 291 g/mol. The van der Waals surface area contributed by atoms with Crippen LogP contribution in [0.2, 0.25) is 10.0 Å². The molecule has 0 amide bonds. The molecule has 19 heavy (non-hydrogen) atoms. The summed E-state index contributed by atoms with van der Waals surface area (Å²) in [5.41, 5.74) is 3.72. The number of hydrogen-bond donors (Lipinski definition) is 0. The highest BCUT2D eigenvalue weighted by molar-refractivity contribution is 6.31. The first-order valence-electron chi connectivity index (χ1n) is 5.90. The van der Waals surface area contributed by atoms with Crippen LogP contribution >= 0.6 is 23.2 Å². The van der Waals surface area contributed by atoms with Crippen molar-refractivity contribution in [1.82, 2.24) is 0 Å². The molecule has 0 radical (unpaired) electrons. The number of halogens is 2. The van der Waals surface area contributed by atoms with Crippen LogP contribution in [-0.4, -0.2) is 12.3 Å². The first-order valence-corrected chi connectivity index (χ1v) is 6.65. The molecule has 0 saturated carbocycles. The Bertz CT molecular complexity index is 663. The molecule has 0 bridgehead atoms. The zero-order valence-corrected chi connectivity index (χ0v) is 11.8. The number of ether oxygens (including phenoxy) is 1. The van der Waals surface area contributed by atoms with Crippen molar-refractivity contribution < 1.29 is 4.74 Å². The molecule has 0 fully saturated rings. The lowest BCUT2D eigenvalue weighted by Crippen LogP contribution is -2.16. The molecular formula is C15H11Cl2NO. The summed E-state index contributed by atoms with van der Waals surface area (Å²) in [7, 11) is 0. The third kappa shape index (κ3) is 2.46. The van der Waals surface area contributed by atoms with Gasteiger partial charge in [0.25, 0.3) is 0 Å². The molecule has 0 spiro atoms. The van der Waals surface area contributed by atoms with Crippen LogP contribution in [0, 0.1) is 6.92 Å². The lowest BCUT2D eigenvalue weighted by molar-refractivity contribution is 0.373. The summed E-state index contributed by atoms with van der Waals surface area (Å²) in [6.07, 6.45) is 0. The van der Waals surface area contributed by atoms with E-state index in [9.17, 15) is 0 Å². The van der Waals surface area contributed by atoms with Crippen LogP contribution in [0.3, 0.4) is 0 Å². The quantitative estimate of drug-likeness (QED) is 0.738. The maximum Gasteiger partial charge on any atom is 0.147 e. The van der Waals surface area contributed by atoms with Crippen molar-refractivity contribution in [1.29, 1.82) is 0 Å². The molecule has 1 aliphatic rings. The van der Waals surface area contributed by atoms with Gasteiger partial charge < -0.3 is 4.74 Å². The average molecular weight is 292 g/mol. The third-order valence-corrected chi connectivity index (χ3v) is 3.70. The molecule has 0 saturated heterocycles. The number of fused-ring (bicyclic) bond motifs is 1. The van der Waals surface area contributed by atoms with Gasteiger partial charge in [-0.05, 0) is 36.2 Å². The largest absolute Gasteiger partial charge is 0.485 e. The maximum absolute atomic E-state index is 6.07. The van der Waals surface area contributed by atoms with E-state index in [0.29, 0.717) is 16.7 Å². The molecule has 0 aliphatic carbocycles. The minimum Gasteiger partial charge on any atom is -0.485 e. The second-order valence-electron chi connectivity index (χ2n) is 4.42. The number of hydrogen-bond acceptors (Lipinski definition) is 2. The molecule has 96 valence electrons. The molecule has 2 nitrogen and oxygen atoms in total. The predicted molar refractivity (Wildman–Crippen MR) is 79.3 cm³/mol. The van der Waals surface area contributed by atoms with Crippen molar-refractivity contribution in [3.8, 4) is 5.75 Å². The summed E-state index contributed by atoms with van der Waals surface area (Å²) in [5.74, 6) is 0.730. The fourth-order valence-corrected chi connectivity index (χ4v) is 2.24. The Hall–Kier alpha value is -1.51. The third-order valence-electron chi connectivity index (χ3n) is 3.04. The van der Waals surface area contributed by atoms with Gasteiger partial charge in [-0.3, -0.25) is 0 Å². The van der Waals surface area contributed by atoms with Crippen LogP contribution in [0.15, 0.2) is 41.4 Å². The number of aliphatic imine (C=N–C) groups is 1. The summed E-state index contributed by atoms with van der Waals surface area (Å²) >= 11 is 12.0. The van der Waals surface area contributed by atoms with Crippen LogP contribution < -0.4 is 4.74 Å². The summed E-state index contributed by atoms with van der Waals surface area (Å²) in [4.78, 5) is 4.64. The SMILES string of the molecule is Cc1cc2c(cc1Cl)OCC(c1ccc(Cl)cc1)=N2. The predicted octanol–water partition coefficient (Wildman–Crippen LogP) is 4.82. The van der Waals surface area contributed by atoms with Crippen molar-refractivity contribution in [2.24, 2.45) is 4.99 Å². The highest BCUT2D eigenvalue weighted by atomic mass is 35.5.